The minimum atomic E-state index is -0.920. The molecule has 0 saturated heterocycles. The molecular formula is C7H5N3O2S. The molecule has 1 N–H and O–H groups in total. The molecule has 2 rings (SSSR count). The van der Waals surface area contributed by atoms with E-state index in [2.05, 4.69) is 10.1 Å². The van der Waals surface area contributed by atoms with E-state index in [9.17, 15) is 4.79 Å². The van der Waals surface area contributed by atoms with Gasteiger partial charge >= 0.3 is 5.97 Å². The second-order valence-corrected chi connectivity index (χ2v) is 3.23. The summed E-state index contributed by atoms with van der Waals surface area (Å²) >= 11 is 1.17. The lowest BCUT2D eigenvalue weighted by molar-refractivity contribution is 0.0702. The predicted molar refractivity (Wildman–Crippen MR) is 46.2 cm³/mol. The van der Waals surface area contributed by atoms with Gasteiger partial charge in [0.1, 0.15) is 17.5 Å². The third-order valence-electron chi connectivity index (χ3n) is 1.48. The highest BCUT2D eigenvalue weighted by molar-refractivity contribution is 7.12. The second kappa shape index (κ2) is 2.98. The fraction of sp³-hybridized carbons (Fsp3) is 0. The van der Waals surface area contributed by atoms with Gasteiger partial charge in [-0.05, 0) is 6.07 Å². The molecule has 0 fully saturated rings. The van der Waals surface area contributed by atoms with Gasteiger partial charge in [-0.25, -0.2) is 14.5 Å². The Hall–Kier alpha value is -1.69. The van der Waals surface area contributed by atoms with Gasteiger partial charge in [0.05, 0.1) is 5.69 Å². The Morgan fingerprint density at radius 2 is 2.46 bits per heavy atom. The molecule has 0 aliphatic heterocycles. The Balaban J connectivity index is 2.39. The van der Waals surface area contributed by atoms with Gasteiger partial charge in [0, 0.05) is 5.38 Å². The van der Waals surface area contributed by atoms with Crippen LogP contribution in [0.25, 0.3) is 5.69 Å². The second-order valence-electron chi connectivity index (χ2n) is 2.31. The molecule has 2 aromatic rings. The van der Waals surface area contributed by atoms with E-state index in [1.54, 1.807) is 11.4 Å². The quantitative estimate of drug-likeness (QED) is 0.777. The highest BCUT2D eigenvalue weighted by Gasteiger charge is 2.07. The Kier molecular flexibility index (Phi) is 1.82. The smallest absolute Gasteiger partial charge is 0.345 e. The highest BCUT2D eigenvalue weighted by Crippen LogP contribution is 2.16. The van der Waals surface area contributed by atoms with E-state index in [1.807, 2.05) is 0 Å². The molecule has 0 aromatic carbocycles. The average molecular weight is 195 g/mol. The zero-order valence-corrected chi connectivity index (χ0v) is 7.23. The van der Waals surface area contributed by atoms with Crippen molar-refractivity contribution in [1.82, 2.24) is 14.8 Å². The first kappa shape index (κ1) is 7.93. The molecule has 2 heterocycles. The molecule has 0 bridgehead atoms. The van der Waals surface area contributed by atoms with Crippen molar-refractivity contribution in [3.8, 4) is 5.69 Å². The maximum atomic E-state index is 10.5. The summed E-state index contributed by atoms with van der Waals surface area (Å²) in [6.07, 6.45) is 2.92. The summed E-state index contributed by atoms with van der Waals surface area (Å²) in [6.45, 7) is 0. The van der Waals surface area contributed by atoms with Crippen molar-refractivity contribution >= 4 is 17.3 Å². The topological polar surface area (TPSA) is 68.0 Å². The van der Waals surface area contributed by atoms with Crippen LogP contribution in [0.4, 0.5) is 0 Å². The van der Waals surface area contributed by atoms with Crippen LogP contribution in [0.5, 0.6) is 0 Å². The fourth-order valence-corrected chi connectivity index (χ4v) is 1.61. The summed E-state index contributed by atoms with van der Waals surface area (Å²) in [5.74, 6) is -0.920. The standard InChI is InChI=1S/C7H5N3O2S/c11-7(12)6-1-5(2-13-6)10-4-8-3-9-10/h1-4H,(H,11,12). The summed E-state index contributed by atoms with van der Waals surface area (Å²) < 4.78 is 1.52. The summed E-state index contributed by atoms with van der Waals surface area (Å²) in [5, 5.41) is 14.3. The van der Waals surface area contributed by atoms with Gasteiger partial charge in [0.2, 0.25) is 0 Å². The van der Waals surface area contributed by atoms with Gasteiger partial charge in [-0.15, -0.1) is 11.3 Å². The van der Waals surface area contributed by atoms with Gasteiger partial charge < -0.3 is 5.11 Å². The number of nitrogens with zero attached hydrogens (tertiary/aromatic N) is 3. The van der Waals surface area contributed by atoms with E-state index in [4.69, 9.17) is 5.11 Å². The molecule has 5 nitrogen and oxygen atoms in total. The first-order chi connectivity index (χ1) is 6.27. The van der Waals surface area contributed by atoms with Crippen molar-refractivity contribution in [1.29, 1.82) is 0 Å². The molecule has 13 heavy (non-hydrogen) atoms. The number of aromatic carboxylic acids is 1. The normalized spacial score (nSPS) is 10.2. The Bertz CT molecular complexity index is 421. The van der Waals surface area contributed by atoms with Crippen molar-refractivity contribution in [3.63, 3.8) is 0 Å². The van der Waals surface area contributed by atoms with E-state index < -0.39 is 5.97 Å². The van der Waals surface area contributed by atoms with Crippen molar-refractivity contribution < 1.29 is 9.90 Å². The first-order valence-electron chi connectivity index (χ1n) is 3.44. The Morgan fingerprint density at radius 1 is 1.62 bits per heavy atom. The van der Waals surface area contributed by atoms with Gasteiger partial charge in [0.25, 0.3) is 0 Å². The van der Waals surface area contributed by atoms with Crippen LogP contribution in [-0.2, 0) is 0 Å². The fourth-order valence-electron chi connectivity index (χ4n) is 0.900. The van der Waals surface area contributed by atoms with Gasteiger partial charge in [-0.1, -0.05) is 0 Å². The maximum Gasteiger partial charge on any atom is 0.345 e. The van der Waals surface area contributed by atoms with Crippen LogP contribution in [0.15, 0.2) is 24.1 Å². The van der Waals surface area contributed by atoms with Crippen molar-refractivity contribution in [2.24, 2.45) is 0 Å². The molecule has 66 valence electrons. The lowest BCUT2D eigenvalue weighted by atomic mass is 10.4. The van der Waals surface area contributed by atoms with Gasteiger partial charge in [-0.2, -0.15) is 5.10 Å². The number of rotatable bonds is 2. The third-order valence-corrected chi connectivity index (χ3v) is 2.39. The van der Waals surface area contributed by atoms with Crippen LogP contribution in [0.3, 0.4) is 0 Å². The van der Waals surface area contributed by atoms with Crippen LogP contribution in [0, 0.1) is 0 Å². The van der Waals surface area contributed by atoms with E-state index in [0.29, 0.717) is 4.88 Å². The zero-order chi connectivity index (χ0) is 9.26. The van der Waals surface area contributed by atoms with Crippen LogP contribution < -0.4 is 0 Å². The molecule has 0 spiro atoms. The highest BCUT2D eigenvalue weighted by atomic mass is 32.1. The summed E-state index contributed by atoms with van der Waals surface area (Å²) in [4.78, 5) is 14.6. The molecule has 0 unspecified atom stereocenters. The predicted octanol–water partition coefficient (Wildman–Crippen LogP) is 1.03. The molecule has 0 aliphatic rings. The average Bonchev–Trinajstić information content (AvgIpc) is 2.75. The molecular weight excluding hydrogens is 190 g/mol. The molecule has 0 atom stereocenters. The van der Waals surface area contributed by atoms with E-state index in [-0.39, 0.29) is 0 Å². The van der Waals surface area contributed by atoms with Crippen LogP contribution in [0.2, 0.25) is 0 Å². The Morgan fingerprint density at radius 3 is 3.00 bits per heavy atom. The maximum absolute atomic E-state index is 10.5. The van der Waals surface area contributed by atoms with Gasteiger partial charge in [-0.3, -0.25) is 0 Å². The SMILES string of the molecule is O=C(O)c1cc(-n2cncn2)cs1. The van der Waals surface area contributed by atoms with E-state index in [1.165, 1.54) is 28.7 Å². The number of aromatic nitrogens is 3. The number of carboxylic acids is 1. The molecule has 0 aliphatic carbocycles. The molecule has 2 aromatic heterocycles. The van der Waals surface area contributed by atoms with Crippen LogP contribution in [0.1, 0.15) is 9.67 Å². The van der Waals surface area contributed by atoms with Crippen molar-refractivity contribution in [3.05, 3.63) is 29.0 Å². The molecule has 0 saturated carbocycles. The lowest BCUT2D eigenvalue weighted by Gasteiger charge is -1.91. The third kappa shape index (κ3) is 1.43. The van der Waals surface area contributed by atoms with E-state index >= 15 is 0 Å². The molecule has 0 radical (unpaired) electrons. The molecule has 0 amide bonds. The lowest BCUT2D eigenvalue weighted by Crippen LogP contribution is -1.93. The van der Waals surface area contributed by atoms with Gasteiger partial charge in [0.15, 0.2) is 0 Å². The minimum absolute atomic E-state index is 0.297. The Labute approximate surface area is 77.3 Å². The number of thiophene rings is 1. The summed E-state index contributed by atoms with van der Waals surface area (Å²) in [5.41, 5.74) is 0.722. The van der Waals surface area contributed by atoms with E-state index in [0.717, 1.165) is 5.69 Å². The number of hydrogen-bond acceptors (Lipinski definition) is 4. The van der Waals surface area contributed by atoms with Crippen molar-refractivity contribution in [2.45, 2.75) is 0 Å². The van der Waals surface area contributed by atoms with Crippen LogP contribution >= 0.6 is 11.3 Å². The number of carboxylic acid groups (broad SMARTS) is 1. The summed E-state index contributed by atoms with van der Waals surface area (Å²) in [7, 11) is 0. The largest absolute Gasteiger partial charge is 0.477 e. The zero-order valence-electron chi connectivity index (χ0n) is 6.41. The number of hydrogen-bond donors (Lipinski definition) is 1. The monoisotopic (exact) mass is 195 g/mol. The first-order valence-corrected chi connectivity index (χ1v) is 4.32. The number of carbonyl (C=O) groups is 1. The van der Waals surface area contributed by atoms with Crippen molar-refractivity contribution in [2.75, 3.05) is 0 Å². The molecule has 6 heteroatoms. The summed E-state index contributed by atoms with van der Waals surface area (Å²) in [6, 6.07) is 1.56. The van der Waals surface area contributed by atoms with Crippen LogP contribution in [-0.4, -0.2) is 25.8 Å². The minimum Gasteiger partial charge on any atom is -0.477 e.